The van der Waals surface area contributed by atoms with Gasteiger partial charge in [0.2, 0.25) is 0 Å². The summed E-state index contributed by atoms with van der Waals surface area (Å²) in [7, 11) is 0. The van der Waals surface area contributed by atoms with Crippen LogP contribution in [-0.2, 0) is 11.2 Å². The fourth-order valence-electron chi connectivity index (χ4n) is 2.42. The Kier molecular flexibility index (Phi) is 4.97. The predicted molar refractivity (Wildman–Crippen MR) is 75.6 cm³/mol. The van der Waals surface area contributed by atoms with Gasteiger partial charge in [-0.3, -0.25) is 9.78 Å². The number of nitrogens with zero attached hydrogens (tertiary/aromatic N) is 4. The first-order chi connectivity index (χ1) is 10.1. The molecule has 0 spiro atoms. The van der Waals surface area contributed by atoms with E-state index < -0.39 is 11.9 Å². The summed E-state index contributed by atoms with van der Waals surface area (Å²) in [4.78, 5) is 15.8. The molecule has 21 heavy (non-hydrogen) atoms. The van der Waals surface area contributed by atoms with E-state index in [1.807, 2.05) is 26.0 Å². The minimum atomic E-state index is -0.827. The molecule has 0 aliphatic carbocycles. The number of tetrazole rings is 1. The zero-order chi connectivity index (χ0) is 15.2. The van der Waals surface area contributed by atoms with E-state index in [0.29, 0.717) is 18.7 Å². The Hall–Kier alpha value is -2.31. The van der Waals surface area contributed by atoms with Crippen LogP contribution in [0.2, 0.25) is 0 Å². The molecule has 2 N–H and O–H groups in total. The summed E-state index contributed by atoms with van der Waals surface area (Å²) in [6.07, 6.45) is 3.67. The minimum Gasteiger partial charge on any atom is -0.481 e. The molecule has 2 unspecified atom stereocenters. The minimum absolute atomic E-state index is 0.314. The van der Waals surface area contributed by atoms with E-state index in [9.17, 15) is 9.90 Å². The maximum Gasteiger partial charge on any atom is 0.307 e. The molecule has 0 aliphatic rings. The highest BCUT2D eigenvalue weighted by molar-refractivity contribution is 5.71. The second kappa shape index (κ2) is 6.92. The van der Waals surface area contributed by atoms with Crippen molar-refractivity contribution in [2.75, 3.05) is 0 Å². The molecule has 0 saturated heterocycles. The molecular weight excluding hydrogens is 270 g/mol. The second-order valence-electron chi connectivity index (χ2n) is 5.12. The van der Waals surface area contributed by atoms with E-state index in [1.54, 1.807) is 6.20 Å². The third-order valence-electron chi connectivity index (χ3n) is 3.52. The third kappa shape index (κ3) is 3.84. The highest BCUT2D eigenvalue weighted by Crippen LogP contribution is 2.29. The second-order valence-corrected chi connectivity index (χ2v) is 5.12. The number of carboxylic acids is 1. The van der Waals surface area contributed by atoms with Gasteiger partial charge in [0.1, 0.15) is 0 Å². The monoisotopic (exact) mass is 289 g/mol. The SMILES string of the molecule is CCCC(C(=O)O)C(Cc1ccc(C)nc1)c1nn[nH]n1. The molecule has 0 aliphatic heterocycles. The molecule has 2 aromatic rings. The van der Waals surface area contributed by atoms with Crippen molar-refractivity contribution >= 4 is 5.97 Å². The van der Waals surface area contributed by atoms with Crippen molar-refractivity contribution in [2.24, 2.45) is 5.92 Å². The van der Waals surface area contributed by atoms with Crippen LogP contribution in [0.25, 0.3) is 0 Å². The fourth-order valence-corrected chi connectivity index (χ4v) is 2.42. The van der Waals surface area contributed by atoms with E-state index in [0.717, 1.165) is 17.7 Å². The molecule has 2 aromatic heterocycles. The molecule has 0 saturated carbocycles. The number of aromatic nitrogens is 5. The van der Waals surface area contributed by atoms with Gasteiger partial charge in [0.15, 0.2) is 5.82 Å². The summed E-state index contributed by atoms with van der Waals surface area (Å²) in [5.74, 6) is -1.23. The van der Waals surface area contributed by atoms with Crippen LogP contribution in [0.1, 0.15) is 42.8 Å². The standard InChI is InChI=1S/C14H19N5O2/c1-3-4-11(14(20)21)12(13-16-18-19-17-13)7-10-6-5-9(2)15-8-10/h5-6,8,11-12H,3-4,7H2,1-2H3,(H,20,21)(H,16,17,18,19). The Morgan fingerprint density at radius 1 is 1.43 bits per heavy atom. The van der Waals surface area contributed by atoms with Crippen molar-refractivity contribution in [1.29, 1.82) is 0 Å². The molecule has 2 rings (SSSR count). The molecule has 112 valence electrons. The van der Waals surface area contributed by atoms with Gasteiger partial charge in [-0.2, -0.15) is 5.21 Å². The van der Waals surface area contributed by atoms with Gasteiger partial charge in [-0.15, -0.1) is 10.2 Å². The van der Waals surface area contributed by atoms with Gasteiger partial charge in [0.25, 0.3) is 0 Å². The summed E-state index contributed by atoms with van der Waals surface area (Å²) >= 11 is 0. The van der Waals surface area contributed by atoms with Gasteiger partial charge in [0.05, 0.1) is 5.92 Å². The lowest BCUT2D eigenvalue weighted by Gasteiger charge is -2.20. The van der Waals surface area contributed by atoms with E-state index in [2.05, 4.69) is 25.6 Å². The molecule has 7 nitrogen and oxygen atoms in total. The molecular formula is C14H19N5O2. The molecule has 2 atom stereocenters. The van der Waals surface area contributed by atoms with Crippen LogP contribution in [0, 0.1) is 12.8 Å². The van der Waals surface area contributed by atoms with Crippen LogP contribution in [0.4, 0.5) is 0 Å². The molecule has 0 amide bonds. The lowest BCUT2D eigenvalue weighted by Crippen LogP contribution is -2.25. The summed E-state index contributed by atoms with van der Waals surface area (Å²) in [5.41, 5.74) is 1.90. The van der Waals surface area contributed by atoms with Gasteiger partial charge in [0, 0.05) is 17.8 Å². The number of H-pyrrole nitrogens is 1. The number of rotatable bonds is 7. The maximum absolute atomic E-state index is 11.6. The third-order valence-corrected chi connectivity index (χ3v) is 3.52. The van der Waals surface area contributed by atoms with Crippen molar-refractivity contribution in [2.45, 2.75) is 39.0 Å². The van der Waals surface area contributed by atoms with Crippen molar-refractivity contribution < 1.29 is 9.90 Å². The Morgan fingerprint density at radius 2 is 2.24 bits per heavy atom. The van der Waals surface area contributed by atoms with Crippen molar-refractivity contribution in [3.63, 3.8) is 0 Å². The smallest absolute Gasteiger partial charge is 0.307 e. The highest BCUT2D eigenvalue weighted by atomic mass is 16.4. The number of nitrogens with one attached hydrogen (secondary N) is 1. The first-order valence-corrected chi connectivity index (χ1v) is 6.99. The first-order valence-electron chi connectivity index (χ1n) is 6.99. The number of hydrogen-bond acceptors (Lipinski definition) is 5. The Bertz CT molecular complexity index is 568. The number of carboxylic acid groups (broad SMARTS) is 1. The average molecular weight is 289 g/mol. The van der Waals surface area contributed by atoms with Crippen LogP contribution in [0.15, 0.2) is 18.3 Å². The van der Waals surface area contributed by atoms with Gasteiger partial charge < -0.3 is 5.11 Å². The Balaban J connectivity index is 2.27. The van der Waals surface area contributed by atoms with Gasteiger partial charge in [-0.25, -0.2) is 0 Å². The van der Waals surface area contributed by atoms with Crippen LogP contribution in [-0.4, -0.2) is 36.7 Å². The van der Waals surface area contributed by atoms with Crippen molar-refractivity contribution in [1.82, 2.24) is 25.6 Å². The molecule has 0 radical (unpaired) electrons. The molecule has 7 heteroatoms. The van der Waals surface area contributed by atoms with Gasteiger partial charge >= 0.3 is 5.97 Å². The van der Waals surface area contributed by atoms with E-state index >= 15 is 0 Å². The largest absolute Gasteiger partial charge is 0.481 e. The van der Waals surface area contributed by atoms with Crippen molar-refractivity contribution in [3.8, 4) is 0 Å². The quantitative estimate of drug-likeness (QED) is 0.804. The summed E-state index contributed by atoms with van der Waals surface area (Å²) < 4.78 is 0. The van der Waals surface area contributed by atoms with E-state index in [1.165, 1.54) is 0 Å². The Labute approximate surface area is 122 Å². The molecule has 0 aromatic carbocycles. The normalized spacial score (nSPS) is 13.8. The number of aryl methyl sites for hydroxylation is 1. The number of hydrogen-bond donors (Lipinski definition) is 2. The topological polar surface area (TPSA) is 105 Å². The summed E-state index contributed by atoms with van der Waals surface area (Å²) in [6.45, 7) is 3.88. The number of carbonyl (C=O) groups is 1. The number of pyridine rings is 1. The van der Waals surface area contributed by atoms with Crippen LogP contribution < -0.4 is 0 Å². The molecule has 0 fully saturated rings. The fraction of sp³-hybridized carbons (Fsp3) is 0.500. The highest BCUT2D eigenvalue weighted by Gasteiger charge is 2.31. The van der Waals surface area contributed by atoms with Crippen LogP contribution in [0.3, 0.4) is 0 Å². The lowest BCUT2D eigenvalue weighted by molar-refractivity contribution is -0.142. The van der Waals surface area contributed by atoms with E-state index in [-0.39, 0.29) is 5.92 Å². The zero-order valence-corrected chi connectivity index (χ0v) is 12.2. The molecule has 2 heterocycles. The lowest BCUT2D eigenvalue weighted by atomic mass is 9.83. The van der Waals surface area contributed by atoms with Crippen LogP contribution in [0.5, 0.6) is 0 Å². The van der Waals surface area contributed by atoms with Gasteiger partial charge in [-0.1, -0.05) is 24.6 Å². The van der Waals surface area contributed by atoms with E-state index in [4.69, 9.17) is 0 Å². The summed E-state index contributed by atoms with van der Waals surface area (Å²) in [6, 6.07) is 3.87. The zero-order valence-electron chi connectivity index (χ0n) is 12.2. The average Bonchev–Trinajstić information content (AvgIpc) is 2.98. The number of aliphatic carboxylic acids is 1. The Morgan fingerprint density at radius 3 is 2.76 bits per heavy atom. The first kappa shape index (κ1) is 15.1. The van der Waals surface area contributed by atoms with Crippen molar-refractivity contribution in [3.05, 3.63) is 35.4 Å². The molecule has 0 bridgehead atoms. The van der Waals surface area contributed by atoms with Gasteiger partial charge in [-0.05, 0) is 31.4 Å². The summed E-state index contributed by atoms with van der Waals surface area (Å²) in [5, 5.41) is 23.4. The number of aromatic amines is 1. The maximum atomic E-state index is 11.6. The van der Waals surface area contributed by atoms with Crippen LogP contribution >= 0.6 is 0 Å². The predicted octanol–water partition coefficient (Wildman–Crippen LogP) is 1.73.